The summed E-state index contributed by atoms with van der Waals surface area (Å²) in [7, 11) is 0. The molecule has 3 heteroatoms. The van der Waals surface area contributed by atoms with Gasteiger partial charge in [-0.3, -0.25) is 0 Å². The Balaban J connectivity index is 1.74. The summed E-state index contributed by atoms with van der Waals surface area (Å²) in [5.74, 6) is 2.54. The number of rotatable bonds is 4. The zero-order chi connectivity index (χ0) is 15.5. The van der Waals surface area contributed by atoms with E-state index in [4.69, 9.17) is 5.73 Å². The average Bonchev–Trinajstić information content (AvgIpc) is 2.53. The third-order valence-electron chi connectivity index (χ3n) is 5.95. The number of benzene rings is 1. The first-order chi connectivity index (χ1) is 10.7. The monoisotopic (exact) mass is 302 g/mol. The van der Waals surface area contributed by atoms with Crippen LogP contribution in [0.4, 0.5) is 5.69 Å². The first-order valence-electron chi connectivity index (χ1n) is 9.00. The molecule has 3 rings (SSSR count). The fraction of sp³-hybridized carbons (Fsp3) is 0.684. The lowest BCUT2D eigenvalue weighted by Gasteiger charge is -2.43. The van der Waals surface area contributed by atoms with Crippen LogP contribution in [0.3, 0.4) is 0 Å². The van der Waals surface area contributed by atoms with Gasteiger partial charge in [-0.2, -0.15) is 0 Å². The maximum Gasteiger partial charge on any atom is 0.117 e. The van der Waals surface area contributed by atoms with Crippen LogP contribution in [0.2, 0.25) is 0 Å². The number of aromatic hydroxyl groups is 1. The van der Waals surface area contributed by atoms with Gasteiger partial charge in [0.2, 0.25) is 0 Å². The molecule has 0 spiro atoms. The minimum Gasteiger partial charge on any atom is -0.508 e. The minimum absolute atomic E-state index is 0.263. The number of nitrogens with one attached hydrogen (secondary N) is 1. The number of nitrogen functional groups attached to an aromatic ring is 1. The molecule has 3 nitrogen and oxygen atoms in total. The van der Waals surface area contributed by atoms with Gasteiger partial charge in [-0.1, -0.05) is 32.3 Å². The Morgan fingerprint density at radius 1 is 1.27 bits per heavy atom. The summed E-state index contributed by atoms with van der Waals surface area (Å²) >= 11 is 0. The molecule has 122 valence electrons. The number of hydrogen-bond donors (Lipinski definition) is 3. The Bertz CT molecular complexity index is 500. The molecule has 0 radical (unpaired) electrons. The number of fused-ring (bicyclic) bond motifs is 1. The molecule has 1 aromatic rings. The summed E-state index contributed by atoms with van der Waals surface area (Å²) in [5.41, 5.74) is 8.10. The van der Waals surface area contributed by atoms with Crippen LogP contribution >= 0.6 is 0 Å². The standard InChI is InChI=1S/C19H30N2O/c1-2-13(16-8-7-15(22)12-18(16)20)11-19-17-6-4-3-5-14(17)9-10-21-19/h7-8,12-14,17,19,21-22H,2-6,9-11,20H2,1H3. The number of anilines is 1. The Morgan fingerprint density at radius 3 is 2.86 bits per heavy atom. The largest absolute Gasteiger partial charge is 0.508 e. The van der Waals surface area contributed by atoms with E-state index in [9.17, 15) is 5.11 Å². The number of hydrogen-bond acceptors (Lipinski definition) is 3. The predicted molar refractivity (Wildman–Crippen MR) is 92.0 cm³/mol. The lowest BCUT2D eigenvalue weighted by Crippen LogP contribution is -2.47. The van der Waals surface area contributed by atoms with Crippen molar-refractivity contribution in [2.75, 3.05) is 12.3 Å². The molecule has 1 saturated heterocycles. The molecular formula is C19H30N2O. The van der Waals surface area contributed by atoms with E-state index in [2.05, 4.69) is 12.2 Å². The van der Waals surface area contributed by atoms with Crippen molar-refractivity contribution in [2.24, 2.45) is 11.8 Å². The van der Waals surface area contributed by atoms with Crippen LogP contribution in [0.15, 0.2) is 18.2 Å². The van der Waals surface area contributed by atoms with E-state index in [1.807, 2.05) is 6.07 Å². The first-order valence-corrected chi connectivity index (χ1v) is 9.00. The van der Waals surface area contributed by atoms with Crippen LogP contribution in [0.25, 0.3) is 0 Å². The number of phenols is 1. The van der Waals surface area contributed by atoms with E-state index in [1.54, 1.807) is 12.1 Å². The van der Waals surface area contributed by atoms with Gasteiger partial charge in [0.15, 0.2) is 0 Å². The molecule has 1 aliphatic carbocycles. The van der Waals surface area contributed by atoms with Crippen LogP contribution in [0.5, 0.6) is 5.75 Å². The van der Waals surface area contributed by atoms with Gasteiger partial charge in [0, 0.05) is 17.8 Å². The van der Waals surface area contributed by atoms with E-state index in [-0.39, 0.29) is 5.75 Å². The third-order valence-corrected chi connectivity index (χ3v) is 5.95. The lowest BCUT2D eigenvalue weighted by atomic mass is 9.69. The van der Waals surface area contributed by atoms with Crippen molar-refractivity contribution >= 4 is 5.69 Å². The van der Waals surface area contributed by atoms with E-state index < -0.39 is 0 Å². The highest BCUT2D eigenvalue weighted by molar-refractivity contribution is 5.52. The van der Waals surface area contributed by atoms with Crippen molar-refractivity contribution in [1.29, 1.82) is 0 Å². The summed E-state index contributed by atoms with van der Waals surface area (Å²) in [6, 6.07) is 6.11. The van der Waals surface area contributed by atoms with Crippen molar-refractivity contribution in [3.8, 4) is 5.75 Å². The molecule has 1 saturated carbocycles. The number of piperidine rings is 1. The van der Waals surface area contributed by atoms with E-state index in [1.165, 1.54) is 50.6 Å². The van der Waals surface area contributed by atoms with Crippen LogP contribution in [-0.2, 0) is 0 Å². The highest BCUT2D eigenvalue weighted by atomic mass is 16.3. The van der Waals surface area contributed by atoms with E-state index in [0.29, 0.717) is 12.0 Å². The summed E-state index contributed by atoms with van der Waals surface area (Å²) in [4.78, 5) is 0. The van der Waals surface area contributed by atoms with Crippen LogP contribution in [-0.4, -0.2) is 17.7 Å². The molecule has 4 unspecified atom stereocenters. The first kappa shape index (κ1) is 15.7. The van der Waals surface area contributed by atoms with Crippen molar-refractivity contribution in [1.82, 2.24) is 5.32 Å². The van der Waals surface area contributed by atoms with Crippen LogP contribution < -0.4 is 11.1 Å². The maximum absolute atomic E-state index is 9.58. The Hall–Kier alpha value is -1.22. The Kier molecular flexibility index (Phi) is 4.92. The molecule has 0 aromatic heterocycles. The molecule has 4 N–H and O–H groups in total. The smallest absolute Gasteiger partial charge is 0.117 e. The van der Waals surface area contributed by atoms with Gasteiger partial charge >= 0.3 is 0 Å². The Labute approximate surface area is 134 Å². The number of phenolic OH excluding ortho intramolecular Hbond substituents is 1. The minimum atomic E-state index is 0.263. The van der Waals surface area contributed by atoms with E-state index >= 15 is 0 Å². The van der Waals surface area contributed by atoms with E-state index in [0.717, 1.165) is 23.9 Å². The molecule has 4 atom stereocenters. The topological polar surface area (TPSA) is 58.3 Å². The van der Waals surface area contributed by atoms with Gasteiger partial charge in [0.1, 0.15) is 5.75 Å². The lowest BCUT2D eigenvalue weighted by molar-refractivity contribution is 0.124. The molecule has 0 bridgehead atoms. The maximum atomic E-state index is 9.58. The normalized spacial score (nSPS) is 29.8. The van der Waals surface area contributed by atoms with Gasteiger partial charge in [0.25, 0.3) is 0 Å². The molecular weight excluding hydrogens is 272 g/mol. The predicted octanol–water partition coefficient (Wildman–Crippen LogP) is 4.03. The zero-order valence-corrected chi connectivity index (χ0v) is 13.7. The molecule has 1 aromatic carbocycles. The molecule has 1 heterocycles. The van der Waals surface area contributed by atoms with Crippen molar-refractivity contribution < 1.29 is 5.11 Å². The quantitative estimate of drug-likeness (QED) is 0.736. The van der Waals surface area contributed by atoms with Crippen LogP contribution in [0, 0.1) is 11.8 Å². The van der Waals surface area contributed by atoms with Crippen molar-refractivity contribution in [3.63, 3.8) is 0 Å². The highest BCUT2D eigenvalue weighted by Crippen LogP contribution is 2.41. The molecule has 22 heavy (non-hydrogen) atoms. The summed E-state index contributed by atoms with van der Waals surface area (Å²) < 4.78 is 0. The van der Waals surface area contributed by atoms with Crippen molar-refractivity contribution in [2.45, 2.75) is 63.8 Å². The summed E-state index contributed by atoms with van der Waals surface area (Å²) in [5, 5.41) is 13.4. The van der Waals surface area contributed by atoms with Gasteiger partial charge in [-0.05, 0) is 61.6 Å². The second-order valence-electron chi connectivity index (χ2n) is 7.21. The average molecular weight is 302 g/mol. The van der Waals surface area contributed by atoms with Gasteiger partial charge in [-0.15, -0.1) is 0 Å². The molecule has 1 aliphatic heterocycles. The second kappa shape index (κ2) is 6.91. The zero-order valence-electron chi connectivity index (χ0n) is 13.7. The van der Waals surface area contributed by atoms with Gasteiger partial charge < -0.3 is 16.2 Å². The summed E-state index contributed by atoms with van der Waals surface area (Å²) in [6.45, 7) is 3.42. The SMILES string of the molecule is CCC(CC1NCCC2CCCCC21)c1ccc(O)cc1N. The van der Waals surface area contributed by atoms with Gasteiger partial charge in [0.05, 0.1) is 0 Å². The third kappa shape index (κ3) is 3.24. The fourth-order valence-electron chi connectivity index (χ4n) is 4.74. The second-order valence-corrected chi connectivity index (χ2v) is 7.21. The molecule has 2 aliphatic rings. The van der Waals surface area contributed by atoms with Crippen molar-refractivity contribution in [3.05, 3.63) is 23.8 Å². The summed E-state index contributed by atoms with van der Waals surface area (Å²) in [6.07, 6.45) is 9.29. The highest BCUT2D eigenvalue weighted by Gasteiger charge is 2.35. The number of nitrogens with two attached hydrogens (primary N) is 1. The van der Waals surface area contributed by atoms with Crippen LogP contribution in [0.1, 0.15) is 63.4 Å². The molecule has 2 fully saturated rings. The van der Waals surface area contributed by atoms with Gasteiger partial charge in [-0.25, -0.2) is 0 Å². The Morgan fingerprint density at radius 2 is 2.09 bits per heavy atom. The fourth-order valence-corrected chi connectivity index (χ4v) is 4.74. The molecule has 0 amide bonds.